The van der Waals surface area contributed by atoms with E-state index < -0.39 is 0 Å². The van der Waals surface area contributed by atoms with Gasteiger partial charge in [-0.25, -0.2) is 0 Å². The smallest absolute Gasteiger partial charge is 0.125 e. The minimum Gasteiger partial charge on any atom is -0.493 e. The molecule has 0 radical (unpaired) electrons. The molecule has 0 aliphatic carbocycles. The Morgan fingerprint density at radius 1 is 1.17 bits per heavy atom. The molecule has 0 aliphatic heterocycles. The lowest BCUT2D eigenvalue weighted by Crippen LogP contribution is -2.25. The van der Waals surface area contributed by atoms with Gasteiger partial charge in [-0.15, -0.1) is 0 Å². The Balaban J connectivity index is 2.18. The molecule has 0 saturated carbocycles. The molecular formula is C15H25NO2. The van der Waals surface area contributed by atoms with E-state index in [1.807, 2.05) is 6.07 Å². The molecule has 1 aromatic carbocycles. The van der Waals surface area contributed by atoms with Gasteiger partial charge in [-0.2, -0.15) is 0 Å². The van der Waals surface area contributed by atoms with Crippen LogP contribution in [-0.2, 0) is 4.74 Å². The van der Waals surface area contributed by atoms with E-state index in [-0.39, 0.29) is 6.04 Å². The summed E-state index contributed by atoms with van der Waals surface area (Å²) in [6.45, 7) is 8.24. The van der Waals surface area contributed by atoms with Crippen molar-refractivity contribution in [3.05, 3.63) is 29.3 Å². The molecule has 0 saturated heterocycles. The van der Waals surface area contributed by atoms with Crippen molar-refractivity contribution < 1.29 is 9.47 Å². The zero-order valence-electron chi connectivity index (χ0n) is 11.7. The largest absolute Gasteiger partial charge is 0.493 e. The van der Waals surface area contributed by atoms with E-state index >= 15 is 0 Å². The predicted octanol–water partition coefficient (Wildman–Crippen LogP) is 2.83. The van der Waals surface area contributed by atoms with Crippen molar-refractivity contribution in [3.63, 3.8) is 0 Å². The molecule has 18 heavy (non-hydrogen) atoms. The molecule has 0 aromatic heterocycles. The quantitative estimate of drug-likeness (QED) is 0.723. The molecule has 3 nitrogen and oxygen atoms in total. The predicted molar refractivity (Wildman–Crippen MR) is 75.1 cm³/mol. The van der Waals surface area contributed by atoms with Gasteiger partial charge in [-0.3, -0.25) is 0 Å². The first-order chi connectivity index (χ1) is 8.65. The fourth-order valence-electron chi connectivity index (χ4n) is 1.71. The SMILES string of the molecule is CCC(N)COCCCOc1c(C)cccc1C. The second-order valence-corrected chi connectivity index (χ2v) is 4.67. The Morgan fingerprint density at radius 3 is 2.44 bits per heavy atom. The Labute approximate surface area is 110 Å². The van der Waals surface area contributed by atoms with Gasteiger partial charge in [0.1, 0.15) is 5.75 Å². The highest BCUT2D eigenvalue weighted by Gasteiger charge is 2.03. The van der Waals surface area contributed by atoms with Crippen molar-refractivity contribution in [3.8, 4) is 5.75 Å². The number of para-hydroxylation sites is 1. The van der Waals surface area contributed by atoms with Gasteiger partial charge in [0.05, 0.1) is 13.2 Å². The van der Waals surface area contributed by atoms with Crippen LogP contribution < -0.4 is 10.5 Å². The topological polar surface area (TPSA) is 44.5 Å². The lowest BCUT2D eigenvalue weighted by Gasteiger charge is -2.12. The van der Waals surface area contributed by atoms with Gasteiger partial charge in [0.15, 0.2) is 0 Å². The minimum absolute atomic E-state index is 0.157. The van der Waals surface area contributed by atoms with Crippen LogP contribution in [0.5, 0.6) is 5.75 Å². The van der Waals surface area contributed by atoms with Gasteiger partial charge in [-0.1, -0.05) is 25.1 Å². The molecular weight excluding hydrogens is 226 g/mol. The van der Waals surface area contributed by atoms with Crippen LogP contribution in [0.4, 0.5) is 0 Å². The maximum Gasteiger partial charge on any atom is 0.125 e. The maximum atomic E-state index is 5.79. The molecule has 1 atom stereocenters. The summed E-state index contributed by atoms with van der Waals surface area (Å²) in [5.74, 6) is 1.00. The molecule has 3 heteroatoms. The summed E-state index contributed by atoms with van der Waals surface area (Å²) in [6.07, 6.45) is 1.85. The number of hydrogen-bond donors (Lipinski definition) is 1. The molecule has 0 fully saturated rings. The van der Waals surface area contributed by atoms with Crippen LogP contribution in [-0.4, -0.2) is 25.9 Å². The van der Waals surface area contributed by atoms with Crippen LogP contribution >= 0.6 is 0 Å². The molecule has 0 heterocycles. The average Bonchev–Trinajstić information content (AvgIpc) is 2.36. The van der Waals surface area contributed by atoms with Crippen LogP contribution in [0.2, 0.25) is 0 Å². The highest BCUT2D eigenvalue weighted by Crippen LogP contribution is 2.22. The zero-order valence-corrected chi connectivity index (χ0v) is 11.7. The van der Waals surface area contributed by atoms with E-state index in [1.54, 1.807) is 0 Å². The van der Waals surface area contributed by atoms with Crippen molar-refractivity contribution in [2.24, 2.45) is 5.73 Å². The first kappa shape index (κ1) is 15.0. The van der Waals surface area contributed by atoms with Crippen LogP contribution in [0.1, 0.15) is 30.9 Å². The maximum absolute atomic E-state index is 5.79. The van der Waals surface area contributed by atoms with Crippen molar-refractivity contribution >= 4 is 0 Å². The van der Waals surface area contributed by atoms with E-state index in [0.717, 1.165) is 18.6 Å². The summed E-state index contributed by atoms with van der Waals surface area (Å²) in [6, 6.07) is 6.34. The van der Waals surface area contributed by atoms with Crippen LogP contribution in [0.25, 0.3) is 0 Å². The molecule has 1 rings (SSSR count). The van der Waals surface area contributed by atoms with Gasteiger partial charge in [0.25, 0.3) is 0 Å². The first-order valence-corrected chi connectivity index (χ1v) is 6.67. The Morgan fingerprint density at radius 2 is 1.83 bits per heavy atom. The fraction of sp³-hybridized carbons (Fsp3) is 0.600. The molecule has 0 aliphatic rings. The number of hydrogen-bond acceptors (Lipinski definition) is 3. The molecule has 1 unspecified atom stereocenters. The number of aryl methyl sites for hydroxylation is 2. The van der Waals surface area contributed by atoms with Crippen molar-refractivity contribution in [2.45, 2.75) is 39.7 Å². The van der Waals surface area contributed by atoms with Crippen molar-refractivity contribution in [1.29, 1.82) is 0 Å². The van der Waals surface area contributed by atoms with Gasteiger partial charge in [0, 0.05) is 19.1 Å². The van der Waals surface area contributed by atoms with Crippen LogP contribution in [0, 0.1) is 13.8 Å². The lowest BCUT2D eigenvalue weighted by molar-refractivity contribution is 0.107. The highest BCUT2D eigenvalue weighted by atomic mass is 16.5. The normalized spacial score (nSPS) is 12.4. The highest BCUT2D eigenvalue weighted by molar-refractivity contribution is 5.39. The molecule has 0 spiro atoms. The number of benzene rings is 1. The summed E-state index contributed by atoms with van der Waals surface area (Å²) < 4.78 is 11.3. The third-order valence-electron chi connectivity index (χ3n) is 2.94. The van der Waals surface area contributed by atoms with Gasteiger partial charge in [0.2, 0.25) is 0 Å². The molecule has 2 N–H and O–H groups in total. The first-order valence-electron chi connectivity index (χ1n) is 6.67. The summed E-state index contributed by atoms with van der Waals surface area (Å²) >= 11 is 0. The van der Waals surface area contributed by atoms with Gasteiger partial charge in [-0.05, 0) is 31.4 Å². The van der Waals surface area contributed by atoms with E-state index in [1.165, 1.54) is 11.1 Å². The number of rotatable bonds is 8. The fourth-order valence-corrected chi connectivity index (χ4v) is 1.71. The Bertz CT molecular complexity index is 332. The average molecular weight is 251 g/mol. The van der Waals surface area contributed by atoms with E-state index in [0.29, 0.717) is 19.8 Å². The number of ether oxygens (including phenoxy) is 2. The van der Waals surface area contributed by atoms with Crippen molar-refractivity contribution in [1.82, 2.24) is 0 Å². The van der Waals surface area contributed by atoms with Crippen molar-refractivity contribution in [2.75, 3.05) is 19.8 Å². The summed E-state index contributed by atoms with van der Waals surface area (Å²) in [5, 5.41) is 0. The molecule has 0 amide bonds. The number of nitrogens with two attached hydrogens (primary N) is 1. The van der Waals surface area contributed by atoms with E-state index in [9.17, 15) is 0 Å². The van der Waals surface area contributed by atoms with Gasteiger partial charge >= 0.3 is 0 Å². The zero-order chi connectivity index (χ0) is 13.4. The minimum atomic E-state index is 0.157. The molecule has 1 aromatic rings. The molecule has 0 bridgehead atoms. The van der Waals surface area contributed by atoms with Gasteiger partial charge < -0.3 is 15.2 Å². The summed E-state index contributed by atoms with van der Waals surface area (Å²) in [5.41, 5.74) is 8.13. The van der Waals surface area contributed by atoms with E-state index in [4.69, 9.17) is 15.2 Å². The monoisotopic (exact) mass is 251 g/mol. The summed E-state index contributed by atoms with van der Waals surface area (Å²) in [4.78, 5) is 0. The summed E-state index contributed by atoms with van der Waals surface area (Å²) in [7, 11) is 0. The standard InChI is InChI=1S/C15H25NO2/c1-4-14(16)11-17-9-6-10-18-15-12(2)7-5-8-13(15)3/h5,7-8,14H,4,6,9-11,16H2,1-3H3. The molecule has 102 valence electrons. The Kier molecular flexibility index (Phi) is 6.76. The van der Waals surface area contributed by atoms with E-state index in [2.05, 4.69) is 32.9 Å². The second kappa shape index (κ2) is 8.11. The third-order valence-corrected chi connectivity index (χ3v) is 2.94. The second-order valence-electron chi connectivity index (χ2n) is 4.67. The van der Waals surface area contributed by atoms with Crippen LogP contribution in [0.3, 0.4) is 0 Å². The Hall–Kier alpha value is -1.06. The third kappa shape index (κ3) is 5.07. The van der Waals surface area contributed by atoms with Crippen LogP contribution in [0.15, 0.2) is 18.2 Å². The lowest BCUT2D eigenvalue weighted by atomic mass is 10.1.